The Morgan fingerprint density at radius 3 is 2.15 bits per heavy atom. The lowest BCUT2D eigenvalue weighted by molar-refractivity contribution is -0.596. The number of aryl methyl sites for hydroxylation is 3. The molecule has 0 unspecified atom stereocenters. The number of hydrogen-bond acceptors (Lipinski definition) is 0. The molecule has 0 amide bonds. The van der Waals surface area contributed by atoms with Gasteiger partial charge < -0.3 is 0 Å². The van der Waals surface area contributed by atoms with Crippen LogP contribution in [0.1, 0.15) is 16.7 Å². The van der Waals surface area contributed by atoms with E-state index >= 15 is 0 Å². The molecule has 0 aromatic heterocycles. The summed E-state index contributed by atoms with van der Waals surface area (Å²) in [6.45, 7) is 6.68. The normalized spacial score (nSPS) is 10.9. The van der Waals surface area contributed by atoms with Crippen molar-refractivity contribution in [1.29, 1.82) is 0 Å². The zero-order valence-corrected chi connectivity index (χ0v) is 14.2. The predicted octanol–water partition coefficient (Wildman–Crippen LogP) is 1.89. The summed E-state index contributed by atoms with van der Waals surface area (Å²) >= 11 is -0.130. The van der Waals surface area contributed by atoms with Crippen molar-refractivity contribution in [3.63, 3.8) is 0 Å². The summed E-state index contributed by atoms with van der Waals surface area (Å²) in [6, 6.07) is 20.0. The molecule has 20 heavy (non-hydrogen) atoms. The minimum atomic E-state index is -0.130. The maximum Gasteiger partial charge on any atom is 0.359 e. The topological polar surface area (TPSA) is 0 Å². The fourth-order valence-corrected chi connectivity index (χ4v) is 5.59. The first-order valence-corrected chi connectivity index (χ1v) is 9.01. The number of fused-ring (bicyclic) bond motifs is 1. The number of benzene rings is 3. The third-order valence-electron chi connectivity index (χ3n) is 3.51. The van der Waals surface area contributed by atoms with Gasteiger partial charge in [0.15, 0.2) is 3.57 Å². The van der Waals surface area contributed by atoms with Crippen molar-refractivity contribution in [2.75, 3.05) is 0 Å². The minimum absolute atomic E-state index is 0.130. The van der Waals surface area contributed by atoms with Crippen molar-refractivity contribution in [3.05, 3.63) is 78.4 Å². The fraction of sp³-hybridized carbons (Fsp3) is 0.158. The van der Waals surface area contributed by atoms with Gasteiger partial charge >= 0.3 is 21.2 Å². The second-order valence-electron chi connectivity index (χ2n) is 5.27. The van der Waals surface area contributed by atoms with E-state index in [2.05, 4.69) is 75.4 Å². The molecule has 0 fully saturated rings. The van der Waals surface area contributed by atoms with E-state index in [9.17, 15) is 0 Å². The number of hydrogen-bond donors (Lipinski definition) is 0. The van der Waals surface area contributed by atoms with E-state index in [4.69, 9.17) is 0 Å². The highest BCUT2D eigenvalue weighted by Gasteiger charge is 2.23. The van der Waals surface area contributed by atoms with Crippen molar-refractivity contribution >= 4 is 10.8 Å². The van der Waals surface area contributed by atoms with Crippen LogP contribution in [0, 0.1) is 27.9 Å². The van der Waals surface area contributed by atoms with Crippen molar-refractivity contribution in [2.45, 2.75) is 20.8 Å². The first kappa shape index (κ1) is 13.6. The molecule has 0 radical (unpaired) electrons. The molecular weight excluding hydrogens is 355 g/mol. The molecule has 1 heteroatoms. The molecule has 0 heterocycles. The molecular formula is C19H18I+. The van der Waals surface area contributed by atoms with Crippen molar-refractivity contribution in [3.8, 4) is 0 Å². The van der Waals surface area contributed by atoms with Crippen LogP contribution in [-0.4, -0.2) is 0 Å². The van der Waals surface area contributed by atoms with Crippen molar-refractivity contribution in [1.82, 2.24) is 0 Å². The number of halogens is 1. The lowest BCUT2D eigenvalue weighted by Crippen LogP contribution is -3.62. The van der Waals surface area contributed by atoms with Gasteiger partial charge in [-0.1, -0.05) is 48.0 Å². The largest absolute Gasteiger partial charge is 0.359 e. The molecule has 0 saturated heterocycles. The summed E-state index contributed by atoms with van der Waals surface area (Å²) in [5, 5.41) is 2.77. The van der Waals surface area contributed by atoms with Gasteiger partial charge in [-0.25, -0.2) is 0 Å². The van der Waals surface area contributed by atoms with Crippen LogP contribution in [-0.2, 0) is 0 Å². The summed E-state index contributed by atoms with van der Waals surface area (Å²) in [6.07, 6.45) is 0. The second-order valence-corrected chi connectivity index (χ2v) is 8.05. The zero-order chi connectivity index (χ0) is 14.1. The van der Waals surface area contributed by atoms with Crippen LogP contribution in [0.3, 0.4) is 0 Å². The average molecular weight is 373 g/mol. The molecule has 0 aliphatic carbocycles. The summed E-state index contributed by atoms with van der Waals surface area (Å²) in [4.78, 5) is 0. The Balaban J connectivity index is 2.10. The summed E-state index contributed by atoms with van der Waals surface area (Å²) in [5.74, 6) is 0. The Hall–Kier alpha value is -1.35. The first-order valence-electron chi connectivity index (χ1n) is 6.85. The minimum Gasteiger partial charge on any atom is -0.0616 e. The quantitative estimate of drug-likeness (QED) is 0.602. The summed E-state index contributed by atoms with van der Waals surface area (Å²) < 4.78 is 3.10. The van der Waals surface area contributed by atoms with E-state index in [0.29, 0.717) is 0 Å². The second kappa shape index (κ2) is 5.57. The van der Waals surface area contributed by atoms with Crippen LogP contribution >= 0.6 is 0 Å². The lowest BCUT2D eigenvalue weighted by Gasteiger charge is -2.02. The molecule has 0 N–H and O–H groups in total. The Morgan fingerprint density at radius 2 is 1.40 bits per heavy atom. The van der Waals surface area contributed by atoms with Gasteiger partial charge in [0.05, 0.1) is 0 Å². The van der Waals surface area contributed by atoms with Crippen LogP contribution in [0.15, 0.2) is 54.6 Å². The molecule has 0 aliphatic heterocycles. The maximum atomic E-state index is 2.31. The molecule has 0 atom stereocenters. The van der Waals surface area contributed by atoms with E-state index in [1.54, 1.807) is 3.57 Å². The molecule has 0 aliphatic rings. The third-order valence-corrected chi connectivity index (χ3v) is 7.28. The summed E-state index contributed by atoms with van der Waals surface area (Å²) in [5.41, 5.74) is 4.26. The molecule has 100 valence electrons. The van der Waals surface area contributed by atoms with Gasteiger partial charge in [0.1, 0.15) is 0 Å². The van der Waals surface area contributed by atoms with Crippen LogP contribution in [0.4, 0.5) is 0 Å². The number of rotatable bonds is 2. The van der Waals surface area contributed by atoms with Crippen LogP contribution in [0.5, 0.6) is 0 Å². The van der Waals surface area contributed by atoms with Crippen molar-refractivity contribution in [2.24, 2.45) is 0 Å². The van der Waals surface area contributed by atoms with E-state index < -0.39 is 0 Å². The molecule has 0 spiro atoms. The molecule has 0 nitrogen and oxygen atoms in total. The van der Waals surface area contributed by atoms with E-state index in [1.807, 2.05) is 0 Å². The Kier molecular flexibility index (Phi) is 3.79. The molecule has 3 aromatic rings. The smallest absolute Gasteiger partial charge is 0.0616 e. The third kappa shape index (κ3) is 2.59. The first-order chi connectivity index (χ1) is 9.65. The predicted molar refractivity (Wildman–Crippen MR) is 82.0 cm³/mol. The van der Waals surface area contributed by atoms with Gasteiger partial charge in [0.2, 0.25) is 3.57 Å². The van der Waals surface area contributed by atoms with Gasteiger partial charge in [-0.15, -0.1) is 0 Å². The molecule has 3 rings (SSSR count). The van der Waals surface area contributed by atoms with Crippen LogP contribution < -0.4 is 21.2 Å². The lowest BCUT2D eigenvalue weighted by atomic mass is 10.1. The average Bonchev–Trinajstić information content (AvgIpc) is 2.43. The zero-order valence-electron chi connectivity index (χ0n) is 12.1. The Labute approximate surface area is 131 Å². The maximum absolute atomic E-state index is 2.31. The van der Waals surface area contributed by atoms with Crippen LogP contribution in [0.2, 0.25) is 0 Å². The Bertz CT molecular complexity index is 743. The van der Waals surface area contributed by atoms with Crippen LogP contribution in [0.25, 0.3) is 10.8 Å². The summed E-state index contributed by atoms with van der Waals surface area (Å²) in [7, 11) is 0. The monoisotopic (exact) mass is 373 g/mol. The van der Waals surface area contributed by atoms with Gasteiger partial charge in [0.25, 0.3) is 0 Å². The van der Waals surface area contributed by atoms with Crippen molar-refractivity contribution < 1.29 is 21.2 Å². The van der Waals surface area contributed by atoms with E-state index in [1.165, 1.54) is 31.0 Å². The highest BCUT2D eigenvalue weighted by Crippen LogP contribution is 2.13. The molecule has 3 aromatic carbocycles. The van der Waals surface area contributed by atoms with Gasteiger partial charge in [-0.3, -0.25) is 0 Å². The highest BCUT2D eigenvalue weighted by molar-refractivity contribution is 5.81. The van der Waals surface area contributed by atoms with Gasteiger partial charge in [-0.05, 0) is 38.3 Å². The Morgan fingerprint density at radius 1 is 0.750 bits per heavy atom. The van der Waals surface area contributed by atoms with E-state index in [0.717, 1.165) is 0 Å². The standard InChI is InChI=1S/C19H18I/c1-13-11-14(2)19(15(3)12-13)20-18-10-6-8-16-7-4-5-9-17(16)18/h4-12H,1-3H3/q+1. The van der Waals surface area contributed by atoms with Gasteiger partial charge in [0, 0.05) is 16.5 Å². The van der Waals surface area contributed by atoms with E-state index in [-0.39, 0.29) is 21.2 Å². The molecule has 0 saturated carbocycles. The molecule has 0 bridgehead atoms. The SMILES string of the molecule is Cc1cc(C)c([I+]c2cccc3ccccc23)c(C)c1. The highest BCUT2D eigenvalue weighted by atomic mass is 127. The fourth-order valence-electron chi connectivity index (χ4n) is 2.68. The van der Waals surface area contributed by atoms with Gasteiger partial charge in [-0.2, -0.15) is 0 Å².